The lowest BCUT2D eigenvalue weighted by atomic mass is 10.1. The summed E-state index contributed by atoms with van der Waals surface area (Å²) in [5.74, 6) is -0.305. The van der Waals surface area contributed by atoms with Crippen molar-refractivity contribution in [2.45, 2.75) is 32.2 Å². The number of aromatic hydroxyl groups is 1. The normalized spacial score (nSPS) is 12.5. The Bertz CT molecular complexity index is 1660. The minimum absolute atomic E-state index is 0.109. The predicted octanol–water partition coefficient (Wildman–Crippen LogP) is 3.98. The number of ether oxygens (including phenoxy) is 1. The summed E-state index contributed by atoms with van der Waals surface area (Å²) < 4.78 is 7.05. The summed E-state index contributed by atoms with van der Waals surface area (Å²) in [6.07, 6.45) is 3.76. The van der Waals surface area contributed by atoms with Crippen LogP contribution in [0.4, 0.5) is 5.82 Å². The van der Waals surface area contributed by atoms with E-state index >= 15 is 0 Å². The van der Waals surface area contributed by atoms with Crippen LogP contribution in [0.15, 0.2) is 66.9 Å². The number of nitrogens with one attached hydrogen (secondary N) is 2. The molecular formula is C31H30ClN5O5. The summed E-state index contributed by atoms with van der Waals surface area (Å²) in [5.41, 5.74) is 9.43. The van der Waals surface area contributed by atoms with E-state index in [-0.39, 0.29) is 53.9 Å². The SMILES string of the molecule is Cc1ccc(C(=O)NC2CC2)cc1-n1ncc(C(=O)c2cccc(OCC(=O)NCCc3cc(Cl)ccc3O)c2)c1N. The maximum Gasteiger partial charge on any atom is 0.257 e. The van der Waals surface area contributed by atoms with Gasteiger partial charge in [0, 0.05) is 28.7 Å². The van der Waals surface area contributed by atoms with Crippen LogP contribution in [0.5, 0.6) is 11.5 Å². The molecule has 0 unspecified atom stereocenters. The van der Waals surface area contributed by atoms with Crippen molar-refractivity contribution in [1.29, 1.82) is 0 Å². The number of hydrogen-bond donors (Lipinski definition) is 4. The molecule has 0 saturated heterocycles. The van der Waals surface area contributed by atoms with Crippen LogP contribution in [0.25, 0.3) is 5.69 Å². The smallest absolute Gasteiger partial charge is 0.257 e. The molecule has 0 aliphatic heterocycles. The lowest BCUT2D eigenvalue weighted by Crippen LogP contribution is -2.30. The van der Waals surface area contributed by atoms with Gasteiger partial charge in [0.25, 0.3) is 11.8 Å². The van der Waals surface area contributed by atoms with Crippen molar-refractivity contribution in [1.82, 2.24) is 20.4 Å². The summed E-state index contributed by atoms with van der Waals surface area (Å²) in [6.45, 7) is 1.90. The molecule has 4 aromatic rings. The van der Waals surface area contributed by atoms with Crippen LogP contribution in [0, 0.1) is 6.92 Å². The number of nitrogens with zero attached hydrogens (tertiary/aromatic N) is 2. The van der Waals surface area contributed by atoms with Gasteiger partial charge in [-0.05, 0) is 79.8 Å². The van der Waals surface area contributed by atoms with Gasteiger partial charge >= 0.3 is 0 Å². The van der Waals surface area contributed by atoms with Gasteiger partial charge in [-0.1, -0.05) is 29.8 Å². The first-order valence-corrected chi connectivity index (χ1v) is 13.8. The lowest BCUT2D eigenvalue weighted by molar-refractivity contribution is -0.123. The first-order valence-electron chi connectivity index (χ1n) is 13.5. The highest BCUT2D eigenvalue weighted by Gasteiger charge is 2.25. The van der Waals surface area contributed by atoms with Crippen molar-refractivity contribution in [3.8, 4) is 17.2 Å². The number of ketones is 1. The van der Waals surface area contributed by atoms with Gasteiger partial charge in [-0.25, -0.2) is 4.68 Å². The molecule has 5 rings (SSSR count). The van der Waals surface area contributed by atoms with Crippen molar-refractivity contribution in [2.75, 3.05) is 18.9 Å². The highest BCUT2D eigenvalue weighted by Crippen LogP contribution is 2.26. The third kappa shape index (κ3) is 6.72. The number of nitrogens with two attached hydrogens (primary N) is 1. The first-order chi connectivity index (χ1) is 20.2. The second kappa shape index (κ2) is 12.4. The number of halogens is 1. The van der Waals surface area contributed by atoms with E-state index in [9.17, 15) is 19.5 Å². The molecule has 1 aromatic heterocycles. The number of aryl methyl sites for hydroxylation is 1. The van der Waals surface area contributed by atoms with Crippen LogP contribution in [-0.4, -0.2) is 51.7 Å². The molecule has 2 amide bonds. The Labute approximate surface area is 247 Å². The monoisotopic (exact) mass is 587 g/mol. The molecule has 3 aromatic carbocycles. The quantitative estimate of drug-likeness (QED) is 0.194. The van der Waals surface area contributed by atoms with E-state index in [2.05, 4.69) is 15.7 Å². The highest BCUT2D eigenvalue weighted by molar-refractivity contribution is 6.30. The Morgan fingerprint density at radius 3 is 2.69 bits per heavy atom. The Morgan fingerprint density at radius 2 is 1.90 bits per heavy atom. The molecular weight excluding hydrogens is 558 g/mol. The van der Waals surface area contributed by atoms with Gasteiger partial charge < -0.3 is 26.2 Å². The third-order valence-electron chi connectivity index (χ3n) is 6.89. The molecule has 10 nitrogen and oxygen atoms in total. The number of carbonyl (C=O) groups excluding carboxylic acids is 3. The fourth-order valence-electron chi connectivity index (χ4n) is 4.37. The van der Waals surface area contributed by atoms with Crippen LogP contribution in [0.1, 0.15) is 50.2 Å². The minimum Gasteiger partial charge on any atom is -0.508 e. The van der Waals surface area contributed by atoms with Gasteiger partial charge in [-0.15, -0.1) is 0 Å². The average molecular weight is 588 g/mol. The van der Waals surface area contributed by atoms with Crippen LogP contribution in [-0.2, 0) is 11.2 Å². The zero-order chi connectivity index (χ0) is 29.8. The topological polar surface area (TPSA) is 149 Å². The number of carbonyl (C=O) groups is 3. The highest BCUT2D eigenvalue weighted by atomic mass is 35.5. The Hall–Kier alpha value is -4.83. The molecule has 1 saturated carbocycles. The molecule has 0 bridgehead atoms. The van der Waals surface area contributed by atoms with E-state index in [1.165, 1.54) is 23.0 Å². The van der Waals surface area contributed by atoms with E-state index in [0.717, 1.165) is 18.4 Å². The molecule has 5 N–H and O–H groups in total. The number of rotatable bonds is 11. The Morgan fingerprint density at radius 1 is 1.10 bits per heavy atom. The fraction of sp³-hybridized carbons (Fsp3) is 0.226. The van der Waals surface area contributed by atoms with Gasteiger partial charge in [0.1, 0.15) is 17.3 Å². The predicted molar refractivity (Wildman–Crippen MR) is 158 cm³/mol. The Balaban J connectivity index is 1.22. The number of phenolic OH excluding ortho intramolecular Hbond substituents is 1. The van der Waals surface area contributed by atoms with Gasteiger partial charge in [0.05, 0.1) is 17.4 Å². The molecule has 0 atom stereocenters. The van der Waals surface area contributed by atoms with E-state index in [0.29, 0.717) is 39.6 Å². The molecule has 42 heavy (non-hydrogen) atoms. The largest absolute Gasteiger partial charge is 0.508 e. The van der Waals surface area contributed by atoms with Gasteiger partial charge in [0.15, 0.2) is 12.4 Å². The van der Waals surface area contributed by atoms with Crippen LogP contribution in [0.2, 0.25) is 5.02 Å². The third-order valence-corrected chi connectivity index (χ3v) is 7.12. The molecule has 1 aliphatic carbocycles. The molecule has 1 aliphatic rings. The van der Waals surface area contributed by atoms with E-state index in [1.54, 1.807) is 42.5 Å². The van der Waals surface area contributed by atoms with Crippen LogP contribution < -0.4 is 21.1 Å². The van der Waals surface area contributed by atoms with E-state index < -0.39 is 0 Å². The fourth-order valence-corrected chi connectivity index (χ4v) is 4.57. The minimum atomic E-state index is -0.365. The maximum atomic E-state index is 13.4. The molecule has 0 radical (unpaired) electrons. The second-order valence-electron chi connectivity index (χ2n) is 10.1. The number of aromatic nitrogens is 2. The number of nitrogen functional groups attached to an aromatic ring is 1. The molecule has 1 fully saturated rings. The summed E-state index contributed by atoms with van der Waals surface area (Å²) in [5, 5.41) is 20.4. The molecule has 0 spiro atoms. The summed E-state index contributed by atoms with van der Waals surface area (Å²) in [7, 11) is 0. The van der Waals surface area contributed by atoms with E-state index in [4.69, 9.17) is 22.1 Å². The summed E-state index contributed by atoms with van der Waals surface area (Å²) >= 11 is 5.96. The van der Waals surface area contributed by atoms with Crippen molar-refractivity contribution in [2.24, 2.45) is 0 Å². The van der Waals surface area contributed by atoms with Crippen molar-refractivity contribution >= 4 is 35.0 Å². The average Bonchev–Trinajstić information content (AvgIpc) is 3.72. The van der Waals surface area contributed by atoms with Gasteiger partial charge in [-0.2, -0.15) is 5.10 Å². The summed E-state index contributed by atoms with van der Waals surface area (Å²) in [6, 6.07) is 16.7. The van der Waals surface area contributed by atoms with E-state index in [1.807, 2.05) is 13.0 Å². The van der Waals surface area contributed by atoms with Crippen LogP contribution >= 0.6 is 11.6 Å². The summed E-state index contributed by atoms with van der Waals surface area (Å²) in [4.78, 5) is 38.2. The lowest BCUT2D eigenvalue weighted by Gasteiger charge is -2.11. The zero-order valence-corrected chi connectivity index (χ0v) is 23.6. The number of anilines is 1. The van der Waals surface area contributed by atoms with Crippen LogP contribution in [0.3, 0.4) is 0 Å². The standard InChI is InChI=1S/C31H30ClN5O5/c1-18-5-6-21(31(41)36-23-8-9-23)15-26(18)37-30(33)25(16-35-37)29(40)20-3-2-4-24(14-20)42-17-28(39)34-12-11-19-13-22(32)7-10-27(19)38/h2-7,10,13-16,23,38H,8-9,11-12,17,33H2,1H3,(H,34,39)(H,36,41). The molecule has 11 heteroatoms. The van der Waals surface area contributed by atoms with Crippen molar-refractivity contribution in [3.05, 3.63) is 99.7 Å². The second-order valence-corrected chi connectivity index (χ2v) is 10.6. The molecule has 1 heterocycles. The number of amides is 2. The number of benzene rings is 3. The Kier molecular flexibility index (Phi) is 8.44. The maximum absolute atomic E-state index is 13.4. The van der Waals surface area contributed by atoms with Crippen molar-refractivity contribution < 1.29 is 24.2 Å². The molecule has 216 valence electrons. The van der Waals surface area contributed by atoms with Crippen molar-refractivity contribution in [3.63, 3.8) is 0 Å². The van der Waals surface area contributed by atoms with Gasteiger partial charge in [-0.3, -0.25) is 14.4 Å². The zero-order valence-electron chi connectivity index (χ0n) is 22.9. The first kappa shape index (κ1) is 28.7. The number of phenols is 1. The van der Waals surface area contributed by atoms with Gasteiger partial charge in [0.2, 0.25) is 0 Å². The number of hydrogen-bond acceptors (Lipinski definition) is 7.